The normalized spacial score (nSPS) is 17.5. The molecule has 0 atom stereocenters. The van der Waals surface area contributed by atoms with Crippen molar-refractivity contribution >= 4 is 34.6 Å². The molecule has 0 N–H and O–H groups in total. The summed E-state index contributed by atoms with van der Waals surface area (Å²) < 4.78 is 1.88. The van der Waals surface area contributed by atoms with Crippen LogP contribution in [0.2, 0.25) is 0 Å². The van der Waals surface area contributed by atoms with Crippen LogP contribution in [0.15, 0.2) is 52.5 Å². The van der Waals surface area contributed by atoms with Crippen LogP contribution in [0.5, 0.6) is 0 Å². The van der Waals surface area contributed by atoms with Crippen molar-refractivity contribution in [3.05, 3.63) is 63.3 Å². The van der Waals surface area contributed by atoms with Gasteiger partial charge in [0.2, 0.25) is 0 Å². The van der Waals surface area contributed by atoms with Crippen molar-refractivity contribution in [1.82, 2.24) is 9.47 Å². The molecule has 1 aliphatic rings. The van der Waals surface area contributed by atoms with E-state index in [-0.39, 0.29) is 11.6 Å². The van der Waals surface area contributed by atoms with E-state index in [1.165, 1.54) is 23.9 Å². The molecule has 1 fully saturated rings. The van der Waals surface area contributed by atoms with Crippen LogP contribution in [-0.4, -0.2) is 38.6 Å². The highest BCUT2D eigenvalue weighted by Gasteiger charge is 2.32. The van der Waals surface area contributed by atoms with Crippen molar-refractivity contribution < 1.29 is 9.72 Å². The third-order valence-corrected chi connectivity index (χ3v) is 4.94. The van der Waals surface area contributed by atoms with Gasteiger partial charge in [0.1, 0.15) is 0 Å². The van der Waals surface area contributed by atoms with Crippen molar-refractivity contribution in [1.29, 1.82) is 0 Å². The number of nitrogens with zero attached hydrogens (tertiary/aromatic N) is 4. The van der Waals surface area contributed by atoms with Gasteiger partial charge in [-0.3, -0.25) is 24.8 Å². The molecule has 134 valence electrons. The molecular formula is C18H18N4O3S. The summed E-state index contributed by atoms with van der Waals surface area (Å²) in [5, 5.41) is 11.5. The number of carbonyl (C=O) groups is 1. The van der Waals surface area contributed by atoms with Crippen molar-refractivity contribution in [2.45, 2.75) is 13.8 Å². The molecule has 26 heavy (non-hydrogen) atoms. The quantitative estimate of drug-likeness (QED) is 0.457. The maximum absolute atomic E-state index is 12.6. The Labute approximate surface area is 155 Å². The van der Waals surface area contributed by atoms with Gasteiger partial charge in [-0.25, -0.2) is 0 Å². The lowest BCUT2D eigenvalue weighted by Crippen LogP contribution is -2.28. The summed E-state index contributed by atoms with van der Waals surface area (Å²) in [6.45, 7) is 5.06. The first-order valence-corrected chi connectivity index (χ1v) is 9.04. The molecule has 1 amide bonds. The van der Waals surface area contributed by atoms with Crippen LogP contribution >= 0.6 is 11.8 Å². The number of amides is 1. The van der Waals surface area contributed by atoms with Gasteiger partial charge in [-0.15, -0.1) is 0 Å². The van der Waals surface area contributed by atoms with Crippen LogP contribution in [-0.2, 0) is 4.79 Å². The molecule has 7 nitrogen and oxygen atoms in total. The second kappa shape index (κ2) is 7.57. The number of thioether (sulfide) groups is 1. The third-order valence-electron chi connectivity index (χ3n) is 3.90. The molecule has 2 heterocycles. The SMILES string of the molecule is CCN=C1S/C(=C/c2cccn2-c2ccc([N+](=O)[O-])cc2)C(=O)N1CC. The molecule has 8 heteroatoms. The summed E-state index contributed by atoms with van der Waals surface area (Å²) in [5.74, 6) is -0.0545. The number of benzene rings is 1. The van der Waals surface area contributed by atoms with Crippen LogP contribution in [0.1, 0.15) is 19.5 Å². The highest BCUT2D eigenvalue weighted by atomic mass is 32.2. The summed E-state index contributed by atoms with van der Waals surface area (Å²) >= 11 is 1.37. The van der Waals surface area contributed by atoms with E-state index in [9.17, 15) is 14.9 Å². The largest absolute Gasteiger partial charge is 0.317 e. The van der Waals surface area contributed by atoms with E-state index in [1.54, 1.807) is 17.0 Å². The highest BCUT2D eigenvalue weighted by Crippen LogP contribution is 2.32. The van der Waals surface area contributed by atoms with E-state index in [4.69, 9.17) is 0 Å². The van der Waals surface area contributed by atoms with Crippen LogP contribution in [0.3, 0.4) is 0 Å². The summed E-state index contributed by atoms with van der Waals surface area (Å²) in [4.78, 5) is 29.6. The number of hydrogen-bond acceptors (Lipinski definition) is 5. The van der Waals surface area contributed by atoms with E-state index in [2.05, 4.69) is 4.99 Å². The van der Waals surface area contributed by atoms with Gasteiger partial charge in [-0.05, 0) is 56.0 Å². The molecule has 3 rings (SSSR count). The van der Waals surface area contributed by atoms with Gasteiger partial charge in [-0.1, -0.05) is 0 Å². The minimum absolute atomic E-state index is 0.0429. The first-order chi connectivity index (χ1) is 12.5. The minimum Gasteiger partial charge on any atom is -0.317 e. The standard InChI is InChI=1S/C18H18N4O3S/c1-3-19-18-20(4-2)17(23)16(26-18)12-15-6-5-11-21(15)13-7-9-14(10-8-13)22(24)25/h5-12H,3-4H2,1-2H3/b16-12+,19-18?. The van der Waals surface area contributed by atoms with Crippen LogP contribution in [0, 0.1) is 10.1 Å². The van der Waals surface area contributed by atoms with E-state index >= 15 is 0 Å². The molecular weight excluding hydrogens is 352 g/mol. The molecule has 0 bridgehead atoms. The van der Waals surface area contributed by atoms with Gasteiger partial charge in [0, 0.05) is 42.8 Å². The van der Waals surface area contributed by atoms with Crippen molar-refractivity contribution in [3.8, 4) is 5.69 Å². The number of rotatable bonds is 5. The predicted octanol–water partition coefficient (Wildman–Crippen LogP) is 3.70. The van der Waals surface area contributed by atoms with Gasteiger partial charge in [0.15, 0.2) is 5.17 Å². The minimum atomic E-state index is -0.426. The number of likely N-dealkylation sites (N-methyl/N-ethyl adjacent to an activating group) is 1. The van der Waals surface area contributed by atoms with E-state index in [0.717, 1.165) is 16.5 Å². The van der Waals surface area contributed by atoms with Crippen LogP contribution < -0.4 is 0 Å². The molecule has 1 aromatic heterocycles. The summed E-state index contributed by atoms with van der Waals surface area (Å²) in [6.07, 6.45) is 3.69. The average Bonchev–Trinajstić information content (AvgIpc) is 3.20. The number of carbonyl (C=O) groups excluding carboxylic acids is 1. The number of aliphatic imine (C=N–C) groups is 1. The maximum atomic E-state index is 12.6. The fourth-order valence-electron chi connectivity index (χ4n) is 2.66. The maximum Gasteiger partial charge on any atom is 0.269 e. The van der Waals surface area contributed by atoms with Crippen LogP contribution in [0.25, 0.3) is 11.8 Å². The molecule has 1 aliphatic heterocycles. The van der Waals surface area contributed by atoms with Gasteiger partial charge >= 0.3 is 0 Å². The lowest BCUT2D eigenvalue weighted by atomic mass is 10.2. The van der Waals surface area contributed by atoms with E-state index in [0.29, 0.717) is 18.0 Å². The van der Waals surface area contributed by atoms with Crippen molar-refractivity contribution in [3.63, 3.8) is 0 Å². The first-order valence-electron chi connectivity index (χ1n) is 8.23. The van der Waals surface area contributed by atoms with Gasteiger partial charge < -0.3 is 4.57 Å². The van der Waals surface area contributed by atoms with Gasteiger partial charge in [0.05, 0.1) is 9.83 Å². The number of nitro groups is 1. The molecule has 1 saturated heterocycles. The fraction of sp³-hybridized carbons (Fsp3) is 0.222. The monoisotopic (exact) mass is 370 g/mol. The molecule has 2 aromatic rings. The summed E-state index contributed by atoms with van der Waals surface area (Å²) in [5.41, 5.74) is 1.66. The smallest absolute Gasteiger partial charge is 0.269 e. The zero-order chi connectivity index (χ0) is 18.7. The number of aromatic nitrogens is 1. The molecule has 0 radical (unpaired) electrons. The zero-order valence-electron chi connectivity index (χ0n) is 14.5. The Bertz CT molecular complexity index is 899. The van der Waals surface area contributed by atoms with Gasteiger partial charge in [0.25, 0.3) is 11.6 Å². The zero-order valence-corrected chi connectivity index (χ0v) is 15.3. The number of non-ortho nitro benzene ring substituents is 1. The third kappa shape index (κ3) is 3.41. The first kappa shape index (κ1) is 17.9. The molecule has 0 saturated carbocycles. The molecule has 0 unspecified atom stereocenters. The second-order valence-electron chi connectivity index (χ2n) is 5.49. The topological polar surface area (TPSA) is 80.7 Å². The highest BCUT2D eigenvalue weighted by molar-refractivity contribution is 8.18. The van der Waals surface area contributed by atoms with Gasteiger partial charge in [-0.2, -0.15) is 0 Å². The number of nitro benzene ring substituents is 1. The van der Waals surface area contributed by atoms with E-state index in [1.807, 2.05) is 42.8 Å². The molecule has 0 spiro atoms. The Morgan fingerprint density at radius 3 is 2.58 bits per heavy atom. The van der Waals surface area contributed by atoms with Crippen LogP contribution in [0.4, 0.5) is 5.69 Å². The molecule has 0 aliphatic carbocycles. The Morgan fingerprint density at radius 1 is 1.23 bits per heavy atom. The Hall–Kier alpha value is -2.87. The number of amidine groups is 1. The fourth-order valence-corrected chi connectivity index (χ4v) is 3.75. The number of hydrogen-bond donors (Lipinski definition) is 0. The molecule has 1 aromatic carbocycles. The lowest BCUT2D eigenvalue weighted by Gasteiger charge is -2.11. The summed E-state index contributed by atoms with van der Waals surface area (Å²) in [7, 11) is 0. The average molecular weight is 370 g/mol. The Morgan fingerprint density at radius 2 is 1.96 bits per heavy atom. The lowest BCUT2D eigenvalue weighted by molar-refractivity contribution is -0.384. The van der Waals surface area contributed by atoms with E-state index < -0.39 is 4.92 Å². The second-order valence-corrected chi connectivity index (χ2v) is 6.50. The van der Waals surface area contributed by atoms with Crippen molar-refractivity contribution in [2.24, 2.45) is 4.99 Å². The predicted molar refractivity (Wildman–Crippen MR) is 103 cm³/mol. The van der Waals surface area contributed by atoms with Crippen molar-refractivity contribution in [2.75, 3.05) is 13.1 Å². The summed E-state index contributed by atoms with van der Waals surface area (Å²) in [6, 6.07) is 10.1. The Kier molecular flexibility index (Phi) is 5.22. The Balaban J connectivity index is 1.94.